The number of nitro groups is 1. The summed E-state index contributed by atoms with van der Waals surface area (Å²) in [7, 11) is 1.44. The highest BCUT2D eigenvalue weighted by Crippen LogP contribution is 2.28. The SMILES string of the molecule is CCOC(CNC(=S)Nc1ccc(OC)cc1[N+](=O)[O-])OCC. The van der Waals surface area contributed by atoms with E-state index in [4.69, 9.17) is 26.4 Å². The zero-order valence-electron chi connectivity index (χ0n) is 13.3. The Morgan fingerprint density at radius 1 is 1.35 bits per heavy atom. The molecule has 0 saturated carbocycles. The number of nitrogens with one attached hydrogen (secondary N) is 2. The Morgan fingerprint density at radius 3 is 2.52 bits per heavy atom. The van der Waals surface area contributed by atoms with Crippen molar-refractivity contribution in [2.45, 2.75) is 20.1 Å². The van der Waals surface area contributed by atoms with Crippen molar-refractivity contribution >= 4 is 28.7 Å². The van der Waals surface area contributed by atoms with E-state index in [-0.39, 0.29) is 16.5 Å². The molecule has 0 fully saturated rings. The summed E-state index contributed by atoms with van der Waals surface area (Å²) < 4.78 is 15.7. The Kier molecular flexibility index (Phi) is 8.23. The molecule has 128 valence electrons. The molecule has 0 heterocycles. The summed E-state index contributed by atoms with van der Waals surface area (Å²) in [6, 6.07) is 4.47. The molecule has 1 rings (SSSR count). The van der Waals surface area contributed by atoms with Crippen LogP contribution in [0, 0.1) is 10.1 Å². The smallest absolute Gasteiger partial charge is 0.296 e. The van der Waals surface area contributed by atoms with Gasteiger partial charge in [0.2, 0.25) is 0 Å². The van der Waals surface area contributed by atoms with E-state index in [1.165, 1.54) is 19.2 Å². The van der Waals surface area contributed by atoms with E-state index in [1.54, 1.807) is 6.07 Å². The molecular weight excluding hydrogens is 322 g/mol. The fourth-order valence-corrected chi connectivity index (χ4v) is 1.97. The van der Waals surface area contributed by atoms with Crippen LogP contribution in [0.3, 0.4) is 0 Å². The first-order chi connectivity index (χ1) is 11.0. The van der Waals surface area contributed by atoms with Gasteiger partial charge in [0, 0.05) is 13.2 Å². The zero-order chi connectivity index (χ0) is 17.2. The highest BCUT2D eigenvalue weighted by molar-refractivity contribution is 7.80. The molecule has 0 amide bonds. The first kappa shape index (κ1) is 19.1. The van der Waals surface area contributed by atoms with Crippen LogP contribution in [0.4, 0.5) is 11.4 Å². The Balaban J connectivity index is 2.68. The Morgan fingerprint density at radius 2 is 2.00 bits per heavy atom. The van der Waals surface area contributed by atoms with Gasteiger partial charge in [-0.2, -0.15) is 0 Å². The van der Waals surface area contributed by atoms with Crippen LogP contribution < -0.4 is 15.4 Å². The minimum atomic E-state index is -0.503. The van der Waals surface area contributed by atoms with Crippen molar-refractivity contribution in [2.75, 3.05) is 32.2 Å². The van der Waals surface area contributed by atoms with Gasteiger partial charge in [0.1, 0.15) is 11.4 Å². The number of anilines is 1. The third kappa shape index (κ3) is 6.35. The second kappa shape index (κ2) is 9.93. The van der Waals surface area contributed by atoms with Crippen LogP contribution in [0.2, 0.25) is 0 Å². The summed E-state index contributed by atoms with van der Waals surface area (Å²) in [5.74, 6) is 0.397. The van der Waals surface area contributed by atoms with Crippen molar-refractivity contribution in [1.29, 1.82) is 0 Å². The van der Waals surface area contributed by atoms with Gasteiger partial charge in [-0.05, 0) is 38.2 Å². The van der Waals surface area contributed by atoms with Crippen LogP contribution in [0.25, 0.3) is 0 Å². The molecule has 23 heavy (non-hydrogen) atoms. The maximum Gasteiger partial charge on any atom is 0.296 e. The second-order valence-electron chi connectivity index (χ2n) is 4.32. The number of hydrogen-bond donors (Lipinski definition) is 2. The minimum Gasteiger partial charge on any atom is -0.496 e. The summed E-state index contributed by atoms with van der Waals surface area (Å²) >= 11 is 5.14. The minimum absolute atomic E-state index is 0.125. The number of hydrogen-bond acceptors (Lipinski definition) is 6. The van der Waals surface area contributed by atoms with E-state index in [9.17, 15) is 10.1 Å². The van der Waals surface area contributed by atoms with Crippen molar-refractivity contribution in [3.63, 3.8) is 0 Å². The number of rotatable bonds is 9. The molecule has 0 aliphatic heterocycles. The Bertz CT molecular complexity index is 535. The molecule has 0 saturated heterocycles. The second-order valence-corrected chi connectivity index (χ2v) is 4.72. The third-order valence-corrected chi connectivity index (χ3v) is 3.03. The van der Waals surface area contributed by atoms with Gasteiger partial charge >= 0.3 is 0 Å². The highest BCUT2D eigenvalue weighted by atomic mass is 32.1. The fraction of sp³-hybridized carbons (Fsp3) is 0.500. The number of benzene rings is 1. The van der Waals surface area contributed by atoms with Gasteiger partial charge in [-0.15, -0.1) is 0 Å². The maximum atomic E-state index is 11.1. The van der Waals surface area contributed by atoms with Gasteiger partial charge in [-0.3, -0.25) is 10.1 Å². The molecule has 2 N–H and O–H groups in total. The molecule has 0 aliphatic rings. The zero-order valence-corrected chi connectivity index (χ0v) is 14.1. The highest BCUT2D eigenvalue weighted by Gasteiger charge is 2.16. The fourth-order valence-electron chi connectivity index (χ4n) is 1.78. The number of ether oxygens (including phenoxy) is 3. The Labute approximate surface area is 140 Å². The molecule has 9 heteroatoms. The molecule has 0 atom stereocenters. The molecule has 0 unspecified atom stereocenters. The van der Waals surface area contributed by atoms with Crippen LogP contribution >= 0.6 is 12.2 Å². The van der Waals surface area contributed by atoms with Crippen molar-refractivity contribution in [1.82, 2.24) is 5.32 Å². The first-order valence-electron chi connectivity index (χ1n) is 7.12. The van der Waals surface area contributed by atoms with Crippen LogP contribution in [0.1, 0.15) is 13.8 Å². The number of thiocarbonyl (C=S) groups is 1. The molecule has 0 spiro atoms. The lowest BCUT2D eigenvalue weighted by atomic mass is 10.2. The number of nitro benzene ring substituents is 1. The average Bonchev–Trinajstić information content (AvgIpc) is 2.53. The molecule has 1 aromatic carbocycles. The number of nitrogens with zero attached hydrogens (tertiary/aromatic N) is 1. The van der Waals surface area contributed by atoms with Gasteiger partial charge in [0.15, 0.2) is 11.4 Å². The van der Waals surface area contributed by atoms with E-state index >= 15 is 0 Å². The molecule has 0 aromatic heterocycles. The van der Waals surface area contributed by atoms with Crippen LogP contribution in [-0.4, -0.2) is 43.2 Å². The lowest BCUT2D eigenvalue weighted by Gasteiger charge is -2.18. The van der Waals surface area contributed by atoms with Crippen molar-refractivity contribution < 1.29 is 19.1 Å². The number of methoxy groups -OCH3 is 1. The van der Waals surface area contributed by atoms with Gasteiger partial charge in [0.25, 0.3) is 5.69 Å². The monoisotopic (exact) mass is 343 g/mol. The molecule has 0 bridgehead atoms. The van der Waals surface area contributed by atoms with Crippen molar-refractivity contribution in [3.05, 3.63) is 28.3 Å². The van der Waals surface area contributed by atoms with Crippen molar-refractivity contribution in [2.24, 2.45) is 0 Å². The summed E-state index contributed by atoms with van der Waals surface area (Å²) in [5.41, 5.74) is 0.150. The summed E-state index contributed by atoms with van der Waals surface area (Å²) in [6.07, 6.45) is -0.435. The van der Waals surface area contributed by atoms with E-state index in [2.05, 4.69) is 10.6 Å². The van der Waals surface area contributed by atoms with Crippen LogP contribution in [-0.2, 0) is 9.47 Å². The van der Waals surface area contributed by atoms with Crippen molar-refractivity contribution in [3.8, 4) is 5.75 Å². The van der Waals surface area contributed by atoms with Gasteiger partial charge in [-0.1, -0.05) is 0 Å². The summed E-state index contributed by atoms with van der Waals surface area (Å²) in [6.45, 7) is 5.08. The molecular formula is C14H21N3O5S. The molecule has 0 aliphatic carbocycles. The molecule has 8 nitrogen and oxygen atoms in total. The molecule has 0 radical (unpaired) electrons. The van der Waals surface area contributed by atoms with E-state index < -0.39 is 11.2 Å². The standard InChI is InChI=1S/C14H21N3O5S/c1-4-21-13(22-5-2)9-15-14(23)16-11-7-6-10(20-3)8-12(11)17(18)19/h6-8,13H,4-5,9H2,1-3H3,(H2,15,16,23). The van der Waals surface area contributed by atoms with E-state index in [0.717, 1.165) is 0 Å². The lowest BCUT2D eigenvalue weighted by Crippen LogP contribution is -2.37. The van der Waals surface area contributed by atoms with E-state index in [0.29, 0.717) is 25.5 Å². The predicted molar refractivity (Wildman–Crippen MR) is 90.9 cm³/mol. The predicted octanol–water partition coefficient (Wildman–Crippen LogP) is 2.29. The first-order valence-corrected chi connectivity index (χ1v) is 7.53. The summed E-state index contributed by atoms with van der Waals surface area (Å²) in [5, 5.41) is 17.1. The van der Waals surface area contributed by atoms with E-state index in [1.807, 2.05) is 13.8 Å². The summed E-state index contributed by atoms with van der Waals surface area (Å²) in [4.78, 5) is 10.6. The topological polar surface area (TPSA) is 94.9 Å². The van der Waals surface area contributed by atoms with Crippen LogP contribution in [0.15, 0.2) is 18.2 Å². The largest absolute Gasteiger partial charge is 0.496 e. The molecule has 1 aromatic rings. The normalized spacial score (nSPS) is 10.4. The van der Waals surface area contributed by atoms with Gasteiger partial charge < -0.3 is 24.8 Å². The Hall–Kier alpha value is -1.97. The van der Waals surface area contributed by atoms with Crippen LogP contribution in [0.5, 0.6) is 5.75 Å². The lowest BCUT2D eigenvalue weighted by molar-refractivity contribution is -0.384. The maximum absolute atomic E-state index is 11.1. The third-order valence-electron chi connectivity index (χ3n) is 2.78. The van der Waals surface area contributed by atoms with Gasteiger partial charge in [0.05, 0.1) is 24.6 Å². The average molecular weight is 343 g/mol. The van der Waals surface area contributed by atoms with Gasteiger partial charge in [-0.25, -0.2) is 0 Å². The quantitative estimate of drug-likeness (QED) is 0.305.